The monoisotopic (exact) mass is 254 g/mol. The predicted molar refractivity (Wildman–Crippen MR) is 74.3 cm³/mol. The van der Waals surface area contributed by atoms with Gasteiger partial charge in [0.25, 0.3) is 0 Å². The predicted octanol–water partition coefficient (Wildman–Crippen LogP) is 2.23. The van der Waals surface area contributed by atoms with E-state index < -0.39 is 0 Å². The first-order valence-corrected chi connectivity index (χ1v) is 5.87. The molecular weight excluding hydrogens is 240 g/mol. The zero-order valence-electron chi connectivity index (χ0n) is 10.3. The van der Waals surface area contributed by atoms with Gasteiger partial charge in [-0.25, -0.2) is 0 Å². The number of aliphatic hydroxyl groups excluding tert-OH is 1. The number of hydrogen-bond acceptors (Lipinski definition) is 3. The number of aliphatic hydroxyl groups is 1. The Hall–Kier alpha value is -2.46. The van der Waals surface area contributed by atoms with Gasteiger partial charge in [0.2, 0.25) is 5.91 Å². The molecule has 4 heteroatoms. The molecule has 0 saturated carbocycles. The maximum Gasteiger partial charge on any atom is 0.248 e. The maximum absolute atomic E-state index is 11.8. The quantitative estimate of drug-likeness (QED) is 0.822. The third-order valence-corrected chi connectivity index (χ3v) is 2.56. The van der Waals surface area contributed by atoms with Crippen molar-refractivity contribution < 1.29 is 9.90 Å². The highest BCUT2D eigenvalue weighted by atomic mass is 16.3. The largest absolute Gasteiger partial charge is 0.392 e. The van der Waals surface area contributed by atoms with Gasteiger partial charge in [-0.2, -0.15) is 0 Å². The van der Waals surface area contributed by atoms with Crippen LogP contribution in [0.4, 0.5) is 5.69 Å². The molecule has 0 spiro atoms. The second-order valence-corrected chi connectivity index (χ2v) is 3.92. The number of benzene rings is 1. The van der Waals surface area contributed by atoms with E-state index in [2.05, 4.69) is 10.3 Å². The van der Waals surface area contributed by atoms with Gasteiger partial charge in [-0.3, -0.25) is 9.78 Å². The Bertz CT molecular complexity index is 580. The minimum absolute atomic E-state index is 0.108. The van der Waals surface area contributed by atoms with Crippen molar-refractivity contribution in [1.29, 1.82) is 0 Å². The zero-order valence-corrected chi connectivity index (χ0v) is 10.3. The maximum atomic E-state index is 11.8. The fourth-order valence-corrected chi connectivity index (χ4v) is 1.60. The van der Waals surface area contributed by atoms with Crippen LogP contribution in [0.1, 0.15) is 11.1 Å². The number of rotatable bonds is 4. The Morgan fingerprint density at radius 2 is 2.11 bits per heavy atom. The van der Waals surface area contributed by atoms with Crippen LogP contribution in [0.2, 0.25) is 0 Å². The molecule has 0 unspecified atom stereocenters. The van der Waals surface area contributed by atoms with Crippen molar-refractivity contribution in [3.8, 4) is 0 Å². The summed E-state index contributed by atoms with van der Waals surface area (Å²) in [6.07, 6.45) is 6.47. The van der Waals surface area contributed by atoms with Crippen molar-refractivity contribution in [2.75, 3.05) is 5.32 Å². The lowest BCUT2D eigenvalue weighted by molar-refractivity contribution is -0.111. The molecule has 2 aromatic rings. The average molecular weight is 254 g/mol. The molecule has 2 rings (SSSR count). The van der Waals surface area contributed by atoms with Crippen LogP contribution in [-0.4, -0.2) is 16.0 Å². The third kappa shape index (κ3) is 3.76. The summed E-state index contributed by atoms with van der Waals surface area (Å²) in [5.74, 6) is -0.246. The Balaban J connectivity index is 2.04. The van der Waals surface area contributed by atoms with Gasteiger partial charge >= 0.3 is 0 Å². The normalized spacial score (nSPS) is 10.6. The van der Waals surface area contributed by atoms with Crippen LogP contribution in [-0.2, 0) is 11.4 Å². The second-order valence-electron chi connectivity index (χ2n) is 3.92. The van der Waals surface area contributed by atoms with Crippen molar-refractivity contribution in [2.45, 2.75) is 6.61 Å². The van der Waals surface area contributed by atoms with Gasteiger partial charge < -0.3 is 10.4 Å². The molecule has 1 heterocycles. The van der Waals surface area contributed by atoms with Crippen molar-refractivity contribution >= 4 is 17.7 Å². The van der Waals surface area contributed by atoms with E-state index in [-0.39, 0.29) is 12.5 Å². The molecule has 0 aliphatic carbocycles. The molecule has 2 N–H and O–H groups in total. The molecular formula is C15H14N2O2. The fraction of sp³-hybridized carbons (Fsp3) is 0.0667. The van der Waals surface area contributed by atoms with E-state index in [1.54, 1.807) is 42.7 Å². The van der Waals surface area contributed by atoms with Gasteiger partial charge in [-0.05, 0) is 23.8 Å². The first kappa shape index (κ1) is 13.0. The van der Waals surface area contributed by atoms with E-state index in [0.717, 1.165) is 5.56 Å². The molecule has 0 aliphatic heterocycles. The van der Waals surface area contributed by atoms with E-state index in [1.807, 2.05) is 12.1 Å². The first-order valence-electron chi connectivity index (χ1n) is 5.87. The van der Waals surface area contributed by atoms with Crippen LogP contribution in [0.15, 0.2) is 54.9 Å². The van der Waals surface area contributed by atoms with Crippen molar-refractivity contribution in [1.82, 2.24) is 4.98 Å². The number of amides is 1. The summed E-state index contributed by atoms with van der Waals surface area (Å²) in [5, 5.41) is 11.9. The van der Waals surface area contributed by atoms with Crippen LogP contribution < -0.4 is 5.32 Å². The highest BCUT2D eigenvalue weighted by Crippen LogP contribution is 2.14. The summed E-state index contributed by atoms with van der Waals surface area (Å²) in [4.78, 5) is 15.7. The Kier molecular flexibility index (Phi) is 4.42. The number of nitrogens with zero attached hydrogens (tertiary/aromatic N) is 1. The lowest BCUT2D eigenvalue weighted by Crippen LogP contribution is -2.09. The van der Waals surface area contributed by atoms with Crippen LogP contribution >= 0.6 is 0 Å². The summed E-state index contributed by atoms with van der Waals surface area (Å²) in [5.41, 5.74) is 2.16. The molecule has 0 fully saturated rings. The summed E-state index contributed by atoms with van der Waals surface area (Å²) in [6.45, 7) is -0.108. The number of carbonyl (C=O) groups excluding carboxylic acids is 1. The minimum atomic E-state index is -0.246. The van der Waals surface area contributed by atoms with E-state index in [1.165, 1.54) is 6.08 Å². The molecule has 4 nitrogen and oxygen atoms in total. The fourth-order valence-electron chi connectivity index (χ4n) is 1.60. The lowest BCUT2D eigenvalue weighted by Gasteiger charge is -2.06. The number of nitrogens with one attached hydrogen (secondary N) is 1. The van der Waals surface area contributed by atoms with Gasteiger partial charge in [0.05, 0.1) is 6.61 Å². The molecule has 0 saturated heterocycles. The summed E-state index contributed by atoms with van der Waals surface area (Å²) >= 11 is 0. The van der Waals surface area contributed by atoms with Gasteiger partial charge in [0.15, 0.2) is 0 Å². The molecule has 96 valence electrons. The van der Waals surface area contributed by atoms with Crippen LogP contribution in [0.25, 0.3) is 6.08 Å². The number of carbonyl (C=O) groups is 1. The Morgan fingerprint density at radius 1 is 1.26 bits per heavy atom. The highest BCUT2D eigenvalue weighted by molar-refractivity contribution is 6.02. The molecule has 0 atom stereocenters. The van der Waals surface area contributed by atoms with Gasteiger partial charge in [-0.1, -0.05) is 24.3 Å². The number of hydrogen-bond donors (Lipinski definition) is 2. The molecule has 19 heavy (non-hydrogen) atoms. The Morgan fingerprint density at radius 3 is 2.84 bits per heavy atom. The number of para-hydroxylation sites is 1. The number of aromatic nitrogens is 1. The summed E-state index contributed by atoms with van der Waals surface area (Å²) in [7, 11) is 0. The van der Waals surface area contributed by atoms with E-state index >= 15 is 0 Å². The first-order chi connectivity index (χ1) is 9.29. The second kappa shape index (κ2) is 6.47. The highest BCUT2D eigenvalue weighted by Gasteiger charge is 2.02. The standard InChI is InChI=1S/C15H14N2O2/c18-11-13-5-1-2-6-14(13)17-15(19)8-7-12-4-3-9-16-10-12/h1-10,18H,11H2,(H,17,19)/b8-7+. The van der Waals surface area contributed by atoms with Crippen molar-refractivity contribution in [3.05, 3.63) is 66.0 Å². The van der Waals surface area contributed by atoms with Crippen molar-refractivity contribution in [2.24, 2.45) is 0 Å². The average Bonchev–Trinajstić information content (AvgIpc) is 2.47. The lowest BCUT2D eigenvalue weighted by atomic mass is 10.2. The van der Waals surface area contributed by atoms with Gasteiger partial charge in [-0.15, -0.1) is 0 Å². The third-order valence-electron chi connectivity index (χ3n) is 2.56. The molecule has 1 aromatic heterocycles. The van der Waals surface area contributed by atoms with E-state index in [9.17, 15) is 4.79 Å². The molecule has 0 aliphatic rings. The molecule has 1 amide bonds. The smallest absolute Gasteiger partial charge is 0.248 e. The van der Waals surface area contributed by atoms with Gasteiger partial charge in [0, 0.05) is 29.7 Å². The SMILES string of the molecule is O=C(/C=C/c1cccnc1)Nc1ccccc1CO. The molecule has 0 bridgehead atoms. The van der Waals surface area contributed by atoms with Crippen LogP contribution in [0, 0.1) is 0 Å². The summed E-state index contributed by atoms with van der Waals surface area (Å²) < 4.78 is 0. The topological polar surface area (TPSA) is 62.2 Å². The van der Waals surface area contributed by atoms with E-state index in [0.29, 0.717) is 11.3 Å². The minimum Gasteiger partial charge on any atom is -0.392 e. The van der Waals surface area contributed by atoms with Crippen LogP contribution in [0.3, 0.4) is 0 Å². The van der Waals surface area contributed by atoms with Crippen LogP contribution in [0.5, 0.6) is 0 Å². The number of anilines is 1. The van der Waals surface area contributed by atoms with E-state index in [4.69, 9.17) is 5.11 Å². The Labute approximate surface area is 111 Å². The number of pyridine rings is 1. The summed E-state index contributed by atoms with van der Waals surface area (Å²) in [6, 6.07) is 10.8. The zero-order chi connectivity index (χ0) is 13.5. The molecule has 0 radical (unpaired) electrons. The molecule has 1 aromatic carbocycles. The van der Waals surface area contributed by atoms with Crippen molar-refractivity contribution in [3.63, 3.8) is 0 Å². The van der Waals surface area contributed by atoms with Gasteiger partial charge in [0.1, 0.15) is 0 Å².